The number of benzene rings is 1. The van der Waals surface area contributed by atoms with E-state index in [0.717, 1.165) is 6.26 Å². The monoisotopic (exact) mass is 295 g/mol. The average Bonchev–Trinajstić information content (AvgIpc) is 2.37. The molecule has 106 valence electrons. The molecule has 0 spiro atoms. The first-order valence-electron chi connectivity index (χ1n) is 5.90. The largest absolute Gasteiger partial charge is 0.486 e. The number of carbonyl (C=O) groups excluding carboxylic acids is 1. The number of nitriles is 1. The van der Waals surface area contributed by atoms with Crippen molar-refractivity contribution in [3.63, 3.8) is 0 Å². The number of Topliss-reactive ketones (excluding diaryl/α,β-unsaturated/α-hetero) is 1. The van der Waals surface area contributed by atoms with Crippen LogP contribution in [0.15, 0.2) is 18.2 Å². The number of ketones is 1. The quantitative estimate of drug-likeness (QED) is 0.810. The molecule has 0 amide bonds. The van der Waals surface area contributed by atoms with E-state index in [9.17, 15) is 13.2 Å². The fourth-order valence-electron chi connectivity index (χ4n) is 1.91. The van der Waals surface area contributed by atoms with E-state index in [1.54, 1.807) is 18.2 Å². The van der Waals surface area contributed by atoms with E-state index in [4.69, 9.17) is 14.7 Å². The summed E-state index contributed by atoms with van der Waals surface area (Å²) in [7, 11) is -3.46. The van der Waals surface area contributed by atoms with Gasteiger partial charge in [0, 0.05) is 6.26 Å². The highest BCUT2D eigenvalue weighted by molar-refractivity contribution is 7.91. The van der Waals surface area contributed by atoms with Crippen LogP contribution in [-0.4, -0.2) is 39.4 Å². The molecule has 1 aliphatic rings. The number of hydrogen-bond acceptors (Lipinski definition) is 6. The van der Waals surface area contributed by atoms with Crippen molar-refractivity contribution >= 4 is 15.6 Å². The van der Waals surface area contributed by atoms with E-state index in [0.29, 0.717) is 30.3 Å². The van der Waals surface area contributed by atoms with Gasteiger partial charge in [-0.25, -0.2) is 8.42 Å². The van der Waals surface area contributed by atoms with E-state index in [1.807, 2.05) is 6.07 Å². The summed E-state index contributed by atoms with van der Waals surface area (Å²) in [6.07, 6.45) is 0.961. The Balaban J connectivity index is 2.28. The van der Waals surface area contributed by atoms with Crippen LogP contribution in [0.4, 0.5) is 0 Å². The van der Waals surface area contributed by atoms with Crippen molar-refractivity contribution in [1.29, 1.82) is 5.26 Å². The first-order valence-corrected chi connectivity index (χ1v) is 7.96. The fraction of sp³-hybridized carbons (Fsp3) is 0.385. The zero-order valence-electron chi connectivity index (χ0n) is 10.8. The molecule has 1 atom stereocenters. The highest BCUT2D eigenvalue weighted by atomic mass is 32.2. The van der Waals surface area contributed by atoms with Gasteiger partial charge in [-0.15, -0.1) is 0 Å². The maximum atomic E-state index is 11.9. The minimum Gasteiger partial charge on any atom is -0.486 e. The van der Waals surface area contributed by atoms with Crippen LogP contribution in [0.1, 0.15) is 11.5 Å². The molecule has 1 unspecified atom stereocenters. The van der Waals surface area contributed by atoms with Crippen LogP contribution in [0, 0.1) is 11.3 Å². The summed E-state index contributed by atoms with van der Waals surface area (Å²) in [6.45, 7) is 0.839. The maximum absolute atomic E-state index is 11.9. The number of hydrogen-bond donors (Lipinski definition) is 0. The van der Waals surface area contributed by atoms with Crippen LogP contribution in [0.2, 0.25) is 0 Å². The highest BCUT2D eigenvalue weighted by Crippen LogP contribution is 2.33. The SMILES string of the molecule is CS(=O)(=O)CC(=O)C(C#N)c1ccc2c(c1)OCCO2. The lowest BCUT2D eigenvalue weighted by Crippen LogP contribution is -2.21. The number of fused-ring (bicyclic) bond motifs is 1. The molecular weight excluding hydrogens is 282 g/mol. The van der Waals surface area contributed by atoms with Crippen molar-refractivity contribution in [1.82, 2.24) is 0 Å². The number of nitrogens with zero attached hydrogens (tertiary/aromatic N) is 1. The van der Waals surface area contributed by atoms with Crippen LogP contribution in [0.3, 0.4) is 0 Å². The second-order valence-corrected chi connectivity index (χ2v) is 6.64. The number of rotatable bonds is 4. The Kier molecular flexibility index (Phi) is 3.95. The Hall–Kier alpha value is -2.07. The van der Waals surface area contributed by atoms with E-state index in [2.05, 4.69) is 0 Å². The molecule has 1 aromatic carbocycles. The number of carbonyl (C=O) groups is 1. The smallest absolute Gasteiger partial charge is 0.169 e. The van der Waals surface area contributed by atoms with Crippen LogP contribution in [-0.2, 0) is 14.6 Å². The van der Waals surface area contributed by atoms with Gasteiger partial charge in [0.05, 0.1) is 6.07 Å². The Bertz CT molecular complexity index is 674. The molecule has 6 nitrogen and oxygen atoms in total. The van der Waals surface area contributed by atoms with Crippen molar-refractivity contribution in [3.8, 4) is 17.6 Å². The predicted octanol–water partition coefficient (Wildman–Crippen LogP) is 0.679. The van der Waals surface area contributed by atoms with Crippen LogP contribution in [0.25, 0.3) is 0 Å². The van der Waals surface area contributed by atoms with Gasteiger partial charge in [0.25, 0.3) is 0 Å². The Morgan fingerprint density at radius 3 is 2.60 bits per heavy atom. The van der Waals surface area contributed by atoms with Gasteiger partial charge in [0.1, 0.15) is 24.9 Å². The van der Waals surface area contributed by atoms with Gasteiger partial charge in [-0.2, -0.15) is 5.26 Å². The second kappa shape index (κ2) is 5.51. The minimum atomic E-state index is -3.46. The summed E-state index contributed by atoms with van der Waals surface area (Å²) < 4.78 is 33.0. The lowest BCUT2D eigenvalue weighted by Gasteiger charge is -2.19. The van der Waals surface area contributed by atoms with Crippen molar-refractivity contribution in [2.45, 2.75) is 5.92 Å². The van der Waals surface area contributed by atoms with E-state index in [-0.39, 0.29) is 0 Å². The molecule has 1 heterocycles. The van der Waals surface area contributed by atoms with E-state index >= 15 is 0 Å². The zero-order chi connectivity index (χ0) is 14.8. The topological polar surface area (TPSA) is 93.5 Å². The molecular formula is C13H13NO5S. The molecule has 0 N–H and O–H groups in total. The van der Waals surface area contributed by atoms with Crippen LogP contribution >= 0.6 is 0 Å². The second-order valence-electron chi connectivity index (χ2n) is 4.50. The number of ether oxygens (including phenoxy) is 2. The maximum Gasteiger partial charge on any atom is 0.169 e. The third kappa shape index (κ3) is 3.27. The Morgan fingerprint density at radius 2 is 2.00 bits per heavy atom. The third-order valence-corrected chi connectivity index (χ3v) is 3.56. The van der Waals surface area contributed by atoms with Crippen LogP contribution in [0.5, 0.6) is 11.5 Å². The molecule has 0 saturated carbocycles. The standard InChI is InChI=1S/C13H13NO5S/c1-20(16,17)8-11(15)10(7-14)9-2-3-12-13(6-9)19-5-4-18-12/h2-3,6,10H,4-5,8H2,1H3. The zero-order valence-corrected chi connectivity index (χ0v) is 11.6. The lowest BCUT2D eigenvalue weighted by atomic mass is 9.96. The summed E-state index contributed by atoms with van der Waals surface area (Å²) >= 11 is 0. The van der Waals surface area contributed by atoms with Gasteiger partial charge in [-0.1, -0.05) is 6.07 Å². The minimum absolute atomic E-state index is 0.394. The van der Waals surface area contributed by atoms with Gasteiger partial charge in [0.2, 0.25) is 0 Å². The van der Waals surface area contributed by atoms with E-state index in [1.165, 1.54) is 0 Å². The van der Waals surface area contributed by atoms with Crippen molar-refractivity contribution in [3.05, 3.63) is 23.8 Å². The van der Waals surface area contributed by atoms with Crippen molar-refractivity contribution < 1.29 is 22.7 Å². The third-order valence-electron chi connectivity index (χ3n) is 2.76. The molecule has 0 fully saturated rings. The summed E-state index contributed by atoms with van der Waals surface area (Å²) in [4.78, 5) is 11.9. The summed E-state index contributed by atoms with van der Waals surface area (Å²) in [5.74, 6) is -1.42. The van der Waals surface area contributed by atoms with E-state index < -0.39 is 27.3 Å². The molecule has 7 heteroatoms. The summed E-state index contributed by atoms with van der Waals surface area (Å²) in [6, 6.07) is 6.57. The van der Waals surface area contributed by atoms with Gasteiger partial charge in [0.15, 0.2) is 27.1 Å². The van der Waals surface area contributed by atoms with Crippen molar-refractivity contribution in [2.75, 3.05) is 25.2 Å². The molecule has 0 aromatic heterocycles. The van der Waals surface area contributed by atoms with Gasteiger partial charge in [-0.05, 0) is 17.7 Å². The van der Waals surface area contributed by atoms with Gasteiger partial charge >= 0.3 is 0 Å². The molecule has 0 aliphatic carbocycles. The normalized spacial score (nSPS) is 15.2. The molecule has 1 aliphatic heterocycles. The molecule has 0 radical (unpaired) electrons. The molecule has 1 aromatic rings. The van der Waals surface area contributed by atoms with Gasteiger partial charge in [-0.3, -0.25) is 4.79 Å². The molecule has 0 saturated heterocycles. The summed E-state index contributed by atoms with van der Waals surface area (Å²) in [5.41, 5.74) is 0.408. The lowest BCUT2D eigenvalue weighted by molar-refractivity contribution is -0.116. The molecule has 2 rings (SSSR count). The van der Waals surface area contributed by atoms with Gasteiger partial charge < -0.3 is 9.47 Å². The fourth-order valence-corrected chi connectivity index (χ4v) is 2.60. The Morgan fingerprint density at radius 1 is 1.35 bits per heavy atom. The average molecular weight is 295 g/mol. The predicted molar refractivity (Wildman–Crippen MR) is 70.5 cm³/mol. The highest BCUT2D eigenvalue weighted by Gasteiger charge is 2.25. The molecule has 0 bridgehead atoms. The number of sulfone groups is 1. The summed E-state index contributed by atoms with van der Waals surface area (Å²) in [5, 5.41) is 9.11. The molecule has 20 heavy (non-hydrogen) atoms. The Labute approximate surface area is 116 Å². The first-order chi connectivity index (χ1) is 9.40. The first kappa shape index (κ1) is 14.3. The van der Waals surface area contributed by atoms with Crippen molar-refractivity contribution in [2.24, 2.45) is 0 Å². The van der Waals surface area contributed by atoms with Crippen LogP contribution < -0.4 is 9.47 Å².